The van der Waals surface area contributed by atoms with Gasteiger partial charge in [0, 0.05) is 12.6 Å². The maximum absolute atomic E-state index is 11.8. The van der Waals surface area contributed by atoms with Gasteiger partial charge < -0.3 is 19.9 Å². The predicted octanol–water partition coefficient (Wildman–Crippen LogP) is 1.41. The number of halogens is 2. The van der Waals surface area contributed by atoms with E-state index in [1.54, 1.807) is 0 Å². The highest BCUT2D eigenvalue weighted by molar-refractivity contribution is 5.96. The second-order valence-corrected chi connectivity index (χ2v) is 3.60. The number of alkyl halides is 2. The standard InChI is InChI=1S/C12H15F2NO4/c1-18-8-2-3-9(10(16)6-8)12(17)15-4-5-19-7-11(13)14/h2-3,6,11,16H,4-5,7H2,1H3,(H,15,17). The molecule has 1 aromatic carbocycles. The number of benzene rings is 1. The molecule has 1 aromatic rings. The van der Waals surface area contributed by atoms with Crippen LogP contribution in [0, 0.1) is 0 Å². The summed E-state index contributed by atoms with van der Waals surface area (Å²) >= 11 is 0. The van der Waals surface area contributed by atoms with Crippen molar-refractivity contribution in [3.8, 4) is 11.5 Å². The van der Waals surface area contributed by atoms with Crippen LogP contribution in [0.3, 0.4) is 0 Å². The number of carbonyl (C=O) groups excluding carboxylic acids is 1. The van der Waals surface area contributed by atoms with Gasteiger partial charge in [0.2, 0.25) is 0 Å². The van der Waals surface area contributed by atoms with Crippen LogP contribution in [0.5, 0.6) is 11.5 Å². The summed E-state index contributed by atoms with van der Waals surface area (Å²) in [6, 6.07) is 4.24. The third kappa shape index (κ3) is 5.09. The minimum Gasteiger partial charge on any atom is -0.507 e. The Kier molecular flexibility index (Phi) is 6.01. The van der Waals surface area contributed by atoms with Crippen molar-refractivity contribution in [1.29, 1.82) is 0 Å². The van der Waals surface area contributed by atoms with Gasteiger partial charge in [-0.3, -0.25) is 4.79 Å². The minimum atomic E-state index is -2.53. The van der Waals surface area contributed by atoms with Gasteiger partial charge in [0.15, 0.2) is 0 Å². The molecule has 0 radical (unpaired) electrons. The Balaban J connectivity index is 2.41. The molecular formula is C12H15F2NO4. The maximum Gasteiger partial charge on any atom is 0.261 e. The average molecular weight is 275 g/mol. The Morgan fingerprint density at radius 1 is 1.47 bits per heavy atom. The number of carbonyl (C=O) groups is 1. The second kappa shape index (κ2) is 7.52. The van der Waals surface area contributed by atoms with Crippen molar-refractivity contribution in [2.45, 2.75) is 6.43 Å². The van der Waals surface area contributed by atoms with Gasteiger partial charge in [-0.1, -0.05) is 0 Å². The number of nitrogens with one attached hydrogen (secondary N) is 1. The molecule has 0 atom stereocenters. The SMILES string of the molecule is COc1ccc(C(=O)NCCOCC(F)F)c(O)c1. The molecular weight excluding hydrogens is 260 g/mol. The van der Waals surface area contributed by atoms with Crippen LogP contribution in [0.2, 0.25) is 0 Å². The van der Waals surface area contributed by atoms with E-state index in [2.05, 4.69) is 10.1 Å². The summed E-state index contributed by atoms with van der Waals surface area (Å²) in [4.78, 5) is 11.6. The number of phenolic OH excluding ortho intramolecular Hbond substituents is 1. The first-order chi connectivity index (χ1) is 9.04. The summed E-state index contributed by atoms with van der Waals surface area (Å²) in [6.45, 7) is -0.603. The number of phenols is 1. The lowest BCUT2D eigenvalue weighted by Gasteiger charge is -2.08. The number of hydrogen-bond donors (Lipinski definition) is 2. The molecule has 7 heteroatoms. The van der Waals surface area contributed by atoms with Gasteiger partial charge in [0.05, 0.1) is 19.3 Å². The highest BCUT2D eigenvalue weighted by Crippen LogP contribution is 2.22. The first kappa shape index (κ1) is 15.2. The van der Waals surface area contributed by atoms with Gasteiger partial charge in [-0.2, -0.15) is 0 Å². The topological polar surface area (TPSA) is 67.8 Å². The van der Waals surface area contributed by atoms with E-state index in [-0.39, 0.29) is 24.5 Å². The third-order valence-corrected chi connectivity index (χ3v) is 2.23. The molecule has 0 fully saturated rings. The second-order valence-electron chi connectivity index (χ2n) is 3.60. The van der Waals surface area contributed by atoms with Crippen LogP contribution in [0.25, 0.3) is 0 Å². The lowest BCUT2D eigenvalue weighted by molar-refractivity contribution is 0.0188. The van der Waals surface area contributed by atoms with E-state index in [1.807, 2.05) is 0 Å². The van der Waals surface area contributed by atoms with Crippen LogP contribution < -0.4 is 10.1 Å². The molecule has 0 bridgehead atoms. The van der Waals surface area contributed by atoms with Crippen molar-refractivity contribution >= 4 is 5.91 Å². The molecule has 0 aliphatic rings. The summed E-state index contributed by atoms with van der Waals surface area (Å²) in [7, 11) is 1.44. The largest absolute Gasteiger partial charge is 0.507 e. The Labute approximate surface area is 109 Å². The Morgan fingerprint density at radius 3 is 2.79 bits per heavy atom. The van der Waals surface area contributed by atoms with E-state index in [9.17, 15) is 18.7 Å². The van der Waals surface area contributed by atoms with Gasteiger partial charge in [-0.25, -0.2) is 8.78 Å². The summed E-state index contributed by atoms with van der Waals surface area (Å²) in [5.74, 6) is -0.305. The first-order valence-corrected chi connectivity index (χ1v) is 5.55. The first-order valence-electron chi connectivity index (χ1n) is 5.55. The molecule has 0 saturated heterocycles. The lowest BCUT2D eigenvalue weighted by Crippen LogP contribution is -2.27. The van der Waals surface area contributed by atoms with Gasteiger partial charge in [0.25, 0.3) is 12.3 Å². The van der Waals surface area contributed by atoms with E-state index in [0.717, 1.165) is 0 Å². The molecule has 106 valence electrons. The minimum absolute atomic E-state index is 0.0208. The van der Waals surface area contributed by atoms with Crippen molar-refractivity contribution in [3.05, 3.63) is 23.8 Å². The molecule has 0 spiro atoms. The maximum atomic E-state index is 11.8. The summed E-state index contributed by atoms with van der Waals surface area (Å²) in [6.07, 6.45) is -2.53. The van der Waals surface area contributed by atoms with Crippen LogP contribution in [0.1, 0.15) is 10.4 Å². The number of methoxy groups -OCH3 is 1. The average Bonchev–Trinajstić information content (AvgIpc) is 2.37. The van der Waals surface area contributed by atoms with Gasteiger partial charge in [-0.15, -0.1) is 0 Å². The van der Waals surface area contributed by atoms with Crippen molar-refractivity contribution < 1.29 is 28.2 Å². The molecule has 0 saturated carbocycles. The molecule has 0 aliphatic carbocycles. The highest BCUT2D eigenvalue weighted by Gasteiger charge is 2.11. The quantitative estimate of drug-likeness (QED) is 0.738. The van der Waals surface area contributed by atoms with E-state index in [0.29, 0.717) is 5.75 Å². The molecule has 2 N–H and O–H groups in total. The zero-order chi connectivity index (χ0) is 14.3. The number of aromatic hydroxyl groups is 1. The molecule has 0 unspecified atom stereocenters. The number of ether oxygens (including phenoxy) is 2. The van der Waals surface area contributed by atoms with Gasteiger partial charge >= 0.3 is 0 Å². The number of amides is 1. The van der Waals surface area contributed by atoms with Crippen molar-refractivity contribution in [1.82, 2.24) is 5.32 Å². The van der Waals surface area contributed by atoms with Gasteiger partial charge in [0.1, 0.15) is 18.1 Å². The Hall–Kier alpha value is -1.89. The summed E-state index contributed by atoms with van der Waals surface area (Å²) in [5, 5.41) is 12.0. The number of hydrogen-bond acceptors (Lipinski definition) is 4. The molecule has 5 nitrogen and oxygen atoms in total. The molecule has 19 heavy (non-hydrogen) atoms. The van der Waals surface area contributed by atoms with E-state index in [4.69, 9.17) is 4.74 Å². The van der Waals surface area contributed by atoms with Gasteiger partial charge in [-0.05, 0) is 12.1 Å². The number of rotatable bonds is 7. The molecule has 0 aliphatic heterocycles. The molecule has 1 amide bonds. The fraction of sp³-hybridized carbons (Fsp3) is 0.417. The van der Waals surface area contributed by atoms with Crippen molar-refractivity contribution in [2.75, 3.05) is 26.9 Å². The predicted molar refractivity (Wildman–Crippen MR) is 63.8 cm³/mol. The smallest absolute Gasteiger partial charge is 0.261 e. The Bertz CT molecular complexity index is 426. The van der Waals surface area contributed by atoms with Crippen LogP contribution in [-0.4, -0.2) is 44.3 Å². The zero-order valence-corrected chi connectivity index (χ0v) is 10.4. The summed E-state index contributed by atoms with van der Waals surface area (Å²) in [5.41, 5.74) is 0.0784. The van der Waals surface area contributed by atoms with Crippen LogP contribution in [0.15, 0.2) is 18.2 Å². The highest BCUT2D eigenvalue weighted by atomic mass is 19.3. The van der Waals surface area contributed by atoms with Crippen LogP contribution in [0.4, 0.5) is 8.78 Å². The molecule has 0 heterocycles. The fourth-order valence-electron chi connectivity index (χ4n) is 1.33. The molecule has 0 aromatic heterocycles. The van der Waals surface area contributed by atoms with E-state index in [1.165, 1.54) is 25.3 Å². The Morgan fingerprint density at radius 2 is 2.21 bits per heavy atom. The van der Waals surface area contributed by atoms with Crippen LogP contribution >= 0.6 is 0 Å². The monoisotopic (exact) mass is 275 g/mol. The van der Waals surface area contributed by atoms with Crippen LogP contribution in [-0.2, 0) is 4.74 Å². The normalized spacial score (nSPS) is 10.5. The fourth-order valence-corrected chi connectivity index (χ4v) is 1.33. The van der Waals surface area contributed by atoms with Crippen molar-refractivity contribution in [2.24, 2.45) is 0 Å². The lowest BCUT2D eigenvalue weighted by atomic mass is 10.2. The third-order valence-electron chi connectivity index (χ3n) is 2.23. The molecule has 1 rings (SSSR count). The van der Waals surface area contributed by atoms with E-state index >= 15 is 0 Å². The summed E-state index contributed by atoms with van der Waals surface area (Å²) < 4.78 is 33.0. The zero-order valence-electron chi connectivity index (χ0n) is 10.4. The van der Waals surface area contributed by atoms with E-state index < -0.39 is 18.9 Å². The van der Waals surface area contributed by atoms with Crippen molar-refractivity contribution in [3.63, 3.8) is 0 Å².